The molecule has 31 heavy (non-hydrogen) atoms. The van der Waals surface area contributed by atoms with Crippen LogP contribution in [-0.2, 0) is 19.1 Å². The van der Waals surface area contributed by atoms with Crippen molar-refractivity contribution < 1.29 is 37.3 Å². The second-order valence-electron chi connectivity index (χ2n) is 5.87. The normalized spacial score (nSPS) is 10.7. The molecule has 0 saturated heterocycles. The summed E-state index contributed by atoms with van der Waals surface area (Å²) in [5.41, 5.74) is 0.572. The molecule has 0 amide bonds. The van der Waals surface area contributed by atoms with Crippen molar-refractivity contribution in [1.29, 1.82) is 0 Å². The van der Waals surface area contributed by atoms with E-state index >= 15 is 0 Å². The lowest BCUT2D eigenvalue weighted by Gasteiger charge is -2.09. The van der Waals surface area contributed by atoms with Crippen LogP contribution in [0.4, 0.5) is 8.78 Å². The first-order valence-corrected chi connectivity index (χ1v) is 8.74. The zero-order valence-electron chi connectivity index (χ0n) is 16.5. The van der Waals surface area contributed by atoms with Crippen LogP contribution in [0.2, 0.25) is 0 Å². The fourth-order valence-electron chi connectivity index (χ4n) is 2.10. The fraction of sp³-hybridized carbons (Fsp3) is 0.0435. The number of rotatable bonds is 9. The van der Waals surface area contributed by atoms with E-state index in [4.69, 9.17) is 9.47 Å². The van der Waals surface area contributed by atoms with Crippen molar-refractivity contribution >= 4 is 11.9 Å². The van der Waals surface area contributed by atoms with Crippen LogP contribution >= 0.6 is 0 Å². The highest BCUT2D eigenvalue weighted by Gasteiger charge is 2.15. The van der Waals surface area contributed by atoms with Crippen molar-refractivity contribution in [2.75, 3.05) is 0 Å². The Bertz CT molecular complexity index is 1040. The van der Waals surface area contributed by atoms with Gasteiger partial charge >= 0.3 is 11.9 Å². The molecule has 0 aliphatic heterocycles. The first-order chi connectivity index (χ1) is 14.8. The molecule has 0 aliphatic carbocycles. The standard InChI is InChI=1S/C23H18F2O6/c1-4-20(26)30-13-11-28-17-7-5-16(6-8-17)18-9-10-19(22(25)21(18)24)29-12-14-31-23(27)15(2)3/h4-14H,1-2H2,3H3/b13-11-,14-12-. The molecule has 6 nitrogen and oxygen atoms in total. The summed E-state index contributed by atoms with van der Waals surface area (Å²) in [6, 6.07) is 8.67. The minimum atomic E-state index is -1.21. The minimum absolute atomic E-state index is 0.00421. The van der Waals surface area contributed by atoms with Crippen LogP contribution in [0.15, 0.2) is 86.3 Å². The first kappa shape index (κ1) is 23.1. The summed E-state index contributed by atoms with van der Waals surface area (Å²) in [5, 5.41) is 0. The lowest BCUT2D eigenvalue weighted by atomic mass is 10.0. The van der Waals surface area contributed by atoms with Crippen LogP contribution in [-0.4, -0.2) is 11.9 Å². The maximum absolute atomic E-state index is 14.5. The molecule has 0 unspecified atom stereocenters. The molecule has 8 heteroatoms. The predicted molar refractivity (Wildman–Crippen MR) is 109 cm³/mol. The zero-order chi connectivity index (χ0) is 22.8. The van der Waals surface area contributed by atoms with Crippen LogP contribution in [0, 0.1) is 11.6 Å². The summed E-state index contributed by atoms with van der Waals surface area (Å²) in [4.78, 5) is 22.1. The molecule has 0 aromatic heterocycles. The molecular formula is C23H18F2O6. The molecule has 0 bridgehead atoms. The van der Waals surface area contributed by atoms with Gasteiger partial charge in [-0.2, -0.15) is 4.39 Å². The number of hydrogen-bond acceptors (Lipinski definition) is 6. The number of halogens is 2. The van der Waals surface area contributed by atoms with Crippen LogP contribution in [0.25, 0.3) is 11.1 Å². The average Bonchev–Trinajstić information content (AvgIpc) is 2.77. The van der Waals surface area contributed by atoms with Gasteiger partial charge in [-0.1, -0.05) is 25.3 Å². The third kappa shape index (κ3) is 6.67. The van der Waals surface area contributed by atoms with Crippen LogP contribution < -0.4 is 9.47 Å². The first-order valence-electron chi connectivity index (χ1n) is 8.74. The van der Waals surface area contributed by atoms with Crippen molar-refractivity contribution in [3.8, 4) is 22.6 Å². The van der Waals surface area contributed by atoms with E-state index in [1.807, 2.05) is 0 Å². The van der Waals surface area contributed by atoms with Gasteiger partial charge in [0.15, 0.2) is 11.6 Å². The van der Waals surface area contributed by atoms with Gasteiger partial charge in [-0.25, -0.2) is 14.0 Å². The highest BCUT2D eigenvalue weighted by molar-refractivity contribution is 5.87. The van der Waals surface area contributed by atoms with Crippen molar-refractivity contribution in [2.45, 2.75) is 6.92 Å². The van der Waals surface area contributed by atoms with Gasteiger partial charge in [0.2, 0.25) is 5.82 Å². The molecule has 0 atom stereocenters. The summed E-state index contributed by atoms with van der Waals surface area (Å²) >= 11 is 0. The van der Waals surface area contributed by atoms with E-state index in [2.05, 4.69) is 22.6 Å². The number of benzene rings is 2. The van der Waals surface area contributed by atoms with E-state index in [9.17, 15) is 18.4 Å². The van der Waals surface area contributed by atoms with E-state index in [0.717, 1.165) is 31.1 Å². The number of esters is 2. The third-order valence-corrected chi connectivity index (χ3v) is 3.60. The van der Waals surface area contributed by atoms with E-state index < -0.39 is 23.6 Å². The monoisotopic (exact) mass is 428 g/mol. The van der Waals surface area contributed by atoms with Crippen molar-refractivity contribution in [3.63, 3.8) is 0 Å². The summed E-state index contributed by atoms with van der Waals surface area (Å²) in [5.74, 6) is -3.64. The number of carbonyl (C=O) groups excluding carboxylic acids is 2. The molecule has 0 N–H and O–H groups in total. The van der Waals surface area contributed by atoms with Gasteiger partial charge in [0.05, 0.1) is 0 Å². The molecule has 0 spiro atoms. The van der Waals surface area contributed by atoms with Gasteiger partial charge in [-0.15, -0.1) is 0 Å². The topological polar surface area (TPSA) is 71.1 Å². The second kappa shape index (κ2) is 11.1. The van der Waals surface area contributed by atoms with Gasteiger partial charge in [0, 0.05) is 17.2 Å². The Hall–Kier alpha value is -4.20. The summed E-state index contributed by atoms with van der Waals surface area (Å²) in [7, 11) is 0. The van der Waals surface area contributed by atoms with Gasteiger partial charge in [0.1, 0.15) is 30.8 Å². The number of carbonyl (C=O) groups is 2. The second-order valence-corrected chi connectivity index (χ2v) is 5.87. The quantitative estimate of drug-likeness (QED) is 0.311. The summed E-state index contributed by atoms with van der Waals surface area (Å²) in [6.07, 6.45) is 4.99. The number of hydrogen-bond donors (Lipinski definition) is 0. The molecule has 160 valence electrons. The predicted octanol–water partition coefficient (Wildman–Crippen LogP) is 5.18. The third-order valence-electron chi connectivity index (χ3n) is 3.60. The van der Waals surface area contributed by atoms with E-state index in [0.29, 0.717) is 11.3 Å². The Morgan fingerprint density at radius 1 is 0.871 bits per heavy atom. The van der Waals surface area contributed by atoms with E-state index in [-0.39, 0.29) is 16.9 Å². The molecular weight excluding hydrogens is 410 g/mol. The fourth-order valence-corrected chi connectivity index (χ4v) is 2.10. The van der Waals surface area contributed by atoms with Gasteiger partial charge < -0.3 is 18.9 Å². The zero-order valence-corrected chi connectivity index (χ0v) is 16.5. The smallest absolute Gasteiger partial charge is 0.338 e. The van der Waals surface area contributed by atoms with E-state index in [1.54, 1.807) is 0 Å². The molecule has 2 aromatic carbocycles. The minimum Gasteiger partial charge on any atom is -0.462 e. The van der Waals surface area contributed by atoms with Gasteiger partial charge in [0.25, 0.3) is 0 Å². The lowest BCUT2D eigenvalue weighted by molar-refractivity contribution is -0.134. The molecule has 2 rings (SSSR count). The Balaban J connectivity index is 2.05. The molecule has 0 saturated carbocycles. The maximum Gasteiger partial charge on any atom is 0.338 e. The Morgan fingerprint density at radius 3 is 2.16 bits per heavy atom. The average molecular weight is 428 g/mol. The van der Waals surface area contributed by atoms with Crippen molar-refractivity contribution in [2.24, 2.45) is 0 Å². The highest BCUT2D eigenvalue weighted by Crippen LogP contribution is 2.31. The maximum atomic E-state index is 14.5. The van der Waals surface area contributed by atoms with Crippen molar-refractivity contribution in [1.82, 2.24) is 0 Å². The summed E-state index contributed by atoms with van der Waals surface area (Å²) < 4.78 is 48.2. The Labute approximate surface area is 177 Å². The van der Waals surface area contributed by atoms with Crippen LogP contribution in [0.5, 0.6) is 11.5 Å². The Kier molecular flexibility index (Phi) is 8.27. The molecule has 0 aliphatic rings. The van der Waals surface area contributed by atoms with Crippen LogP contribution in [0.1, 0.15) is 6.92 Å². The molecule has 0 heterocycles. The van der Waals surface area contributed by atoms with E-state index in [1.165, 1.54) is 43.3 Å². The highest BCUT2D eigenvalue weighted by atomic mass is 19.2. The molecule has 0 radical (unpaired) electrons. The SMILES string of the molecule is C=CC(=O)O/C=C\Oc1ccc(-c2ccc(O/C=C\OC(=O)C(=C)C)c(F)c2F)cc1. The van der Waals surface area contributed by atoms with Gasteiger partial charge in [-0.3, -0.25) is 0 Å². The van der Waals surface area contributed by atoms with Crippen molar-refractivity contribution in [3.05, 3.63) is 97.9 Å². The largest absolute Gasteiger partial charge is 0.462 e. The molecule has 2 aromatic rings. The van der Waals surface area contributed by atoms with Crippen LogP contribution in [0.3, 0.4) is 0 Å². The number of ether oxygens (including phenoxy) is 4. The lowest BCUT2D eigenvalue weighted by Crippen LogP contribution is -2.00. The molecule has 0 fully saturated rings. The summed E-state index contributed by atoms with van der Waals surface area (Å²) in [6.45, 7) is 8.10. The Morgan fingerprint density at radius 2 is 1.52 bits per heavy atom. The van der Waals surface area contributed by atoms with Gasteiger partial charge in [-0.05, 0) is 36.8 Å².